The number of halogens is 5. The van der Waals surface area contributed by atoms with E-state index < -0.39 is 17.8 Å². The number of hydrogen-bond donors (Lipinski definition) is 1. The van der Waals surface area contributed by atoms with Crippen LogP contribution in [0.5, 0.6) is 0 Å². The summed E-state index contributed by atoms with van der Waals surface area (Å²) in [6.07, 6.45) is -4.27. The van der Waals surface area contributed by atoms with Crippen molar-refractivity contribution in [2.45, 2.75) is 6.18 Å². The lowest BCUT2D eigenvalue weighted by Crippen LogP contribution is -2.11. The highest BCUT2D eigenvalue weighted by Crippen LogP contribution is 2.29. The topological polar surface area (TPSA) is 50.7 Å². The van der Waals surface area contributed by atoms with E-state index in [1.54, 1.807) is 18.2 Å². The highest BCUT2D eigenvalue weighted by atomic mass is 35.5. The van der Waals surface area contributed by atoms with Crippen molar-refractivity contribution in [2.24, 2.45) is 5.16 Å². The van der Waals surface area contributed by atoms with Gasteiger partial charge in [0.25, 0.3) is 0 Å². The number of amides is 1. The van der Waals surface area contributed by atoms with Crippen LogP contribution in [0.15, 0.2) is 47.6 Å². The fourth-order valence-corrected chi connectivity index (χ4v) is 2.14. The predicted octanol–water partition coefficient (Wildman–Crippen LogP) is 5.59. The summed E-state index contributed by atoms with van der Waals surface area (Å²) >= 11 is 11.8. The number of alkyl halides is 3. The van der Waals surface area contributed by atoms with E-state index in [-0.39, 0.29) is 5.69 Å². The number of rotatable bonds is 3. The van der Waals surface area contributed by atoms with Gasteiger partial charge in [0.2, 0.25) is 0 Å². The summed E-state index contributed by atoms with van der Waals surface area (Å²) in [6.45, 7) is 0. The summed E-state index contributed by atoms with van der Waals surface area (Å²) in [4.78, 5) is 16.1. The first-order chi connectivity index (χ1) is 11.3. The first-order valence-electron chi connectivity index (χ1n) is 6.40. The number of benzene rings is 2. The number of nitrogens with zero attached hydrogens (tertiary/aromatic N) is 1. The van der Waals surface area contributed by atoms with Gasteiger partial charge in [-0.2, -0.15) is 13.2 Å². The molecule has 0 heterocycles. The van der Waals surface area contributed by atoms with Crippen LogP contribution in [0.4, 0.5) is 23.7 Å². The number of hydrogen-bond acceptors (Lipinski definition) is 3. The summed E-state index contributed by atoms with van der Waals surface area (Å²) in [7, 11) is 0. The highest BCUT2D eigenvalue weighted by Gasteiger charge is 2.29. The van der Waals surface area contributed by atoms with E-state index in [2.05, 4.69) is 15.3 Å². The van der Waals surface area contributed by atoms with Crippen molar-refractivity contribution in [3.63, 3.8) is 0 Å². The monoisotopic (exact) mass is 376 g/mol. The largest absolute Gasteiger partial charge is 0.437 e. The molecule has 1 N–H and O–H groups in total. The third-order valence-corrected chi connectivity index (χ3v) is 3.43. The highest BCUT2D eigenvalue weighted by molar-refractivity contribution is 6.38. The molecule has 0 fully saturated rings. The second-order valence-corrected chi connectivity index (χ2v) is 5.26. The van der Waals surface area contributed by atoms with Gasteiger partial charge in [0.1, 0.15) is 0 Å². The average Bonchev–Trinajstić information content (AvgIpc) is 2.50. The maximum Gasteiger partial charge on any atom is 0.437 e. The molecule has 0 aliphatic heterocycles. The molecule has 1 amide bonds. The Labute approximate surface area is 144 Å². The van der Waals surface area contributed by atoms with Gasteiger partial charge in [-0.05, 0) is 36.4 Å². The van der Waals surface area contributed by atoms with Gasteiger partial charge >= 0.3 is 12.3 Å². The summed E-state index contributed by atoms with van der Waals surface area (Å²) < 4.78 is 37.3. The lowest BCUT2D eigenvalue weighted by Gasteiger charge is -2.07. The van der Waals surface area contributed by atoms with E-state index >= 15 is 0 Å². The molecule has 9 heteroatoms. The molecule has 2 aromatic carbocycles. The van der Waals surface area contributed by atoms with Crippen LogP contribution in [-0.2, 0) is 11.0 Å². The molecule has 0 unspecified atom stereocenters. The van der Waals surface area contributed by atoms with Crippen molar-refractivity contribution < 1.29 is 22.8 Å². The average molecular weight is 377 g/mol. The Hall–Kier alpha value is -2.25. The third kappa shape index (κ3) is 4.87. The van der Waals surface area contributed by atoms with Crippen LogP contribution >= 0.6 is 23.2 Å². The van der Waals surface area contributed by atoms with Crippen LogP contribution in [-0.4, -0.2) is 12.3 Å². The Bertz CT molecular complexity index is 742. The van der Waals surface area contributed by atoms with Gasteiger partial charge in [0, 0.05) is 11.3 Å². The van der Waals surface area contributed by atoms with Gasteiger partial charge in [-0.3, -0.25) is 10.2 Å². The van der Waals surface area contributed by atoms with E-state index in [1.807, 2.05) is 0 Å². The fourth-order valence-electron chi connectivity index (χ4n) is 1.64. The standard InChI is InChI=1S/C15H9Cl2F3N2O2/c16-12-2-1-3-13(17)11(12)8-21-24-14(23)22-10-6-4-9(5-7-10)15(18,19)20/h1-8H,(H,22,23). The molecule has 0 spiro atoms. The van der Waals surface area contributed by atoms with Crippen LogP contribution in [0.25, 0.3) is 0 Å². The predicted molar refractivity (Wildman–Crippen MR) is 85.6 cm³/mol. The van der Waals surface area contributed by atoms with Gasteiger partial charge in [0.05, 0.1) is 21.8 Å². The quantitative estimate of drug-likeness (QED) is 0.430. The Kier molecular flexibility index (Phi) is 5.69. The second-order valence-electron chi connectivity index (χ2n) is 4.45. The van der Waals surface area contributed by atoms with Gasteiger partial charge in [0.15, 0.2) is 0 Å². The third-order valence-electron chi connectivity index (χ3n) is 2.78. The smallest absolute Gasteiger partial charge is 0.298 e. The Morgan fingerprint density at radius 3 is 2.21 bits per heavy atom. The Balaban J connectivity index is 1.95. The maximum atomic E-state index is 12.4. The molecule has 0 aromatic heterocycles. The minimum absolute atomic E-state index is 0.124. The fraction of sp³-hybridized carbons (Fsp3) is 0.0667. The molecule has 126 valence electrons. The van der Waals surface area contributed by atoms with Crippen molar-refractivity contribution >= 4 is 41.2 Å². The lowest BCUT2D eigenvalue weighted by molar-refractivity contribution is -0.137. The Morgan fingerprint density at radius 1 is 1.08 bits per heavy atom. The molecule has 0 aliphatic carbocycles. The van der Waals surface area contributed by atoms with Crippen LogP contribution in [0.3, 0.4) is 0 Å². The molecule has 0 saturated carbocycles. The van der Waals surface area contributed by atoms with E-state index in [0.717, 1.165) is 30.5 Å². The van der Waals surface area contributed by atoms with E-state index in [4.69, 9.17) is 23.2 Å². The van der Waals surface area contributed by atoms with Gasteiger partial charge < -0.3 is 0 Å². The van der Waals surface area contributed by atoms with Crippen molar-refractivity contribution in [1.82, 2.24) is 0 Å². The first-order valence-corrected chi connectivity index (χ1v) is 7.15. The zero-order chi connectivity index (χ0) is 17.7. The number of nitrogens with one attached hydrogen (secondary N) is 1. The Morgan fingerprint density at radius 2 is 1.67 bits per heavy atom. The molecule has 4 nitrogen and oxygen atoms in total. The number of anilines is 1. The second kappa shape index (κ2) is 7.55. The number of carbonyl (C=O) groups is 1. The summed E-state index contributed by atoms with van der Waals surface area (Å²) in [5.41, 5.74) is -0.338. The van der Waals surface area contributed by atoms with E-state index in [9.17, 15) is 18.0 Å². The van der Waals surface area contributed by atoms with Crippen molar-refractivity contribution in [3.8, 4) is 0 Å². The molecule has 2 aromatic rings. The summed E-state index contributed by atoms with van der Waals surface area (Å²) in [6, 6.07) is 8.66. The minimum Gasteiger partial charge on any atom is -0.298 e. The van der Waals surface area contributed by atoms with Crippen molar-refractivity contribution in [3.05, 3.63) is 63.6 Å². The zero-order valence-corrected chi connectivity index (χ0v) is 13.3. The van der Waals surface area contributed by atoms with Crippen molar-refractivity contribution in [2.75, 3.05) is 5.32 Å². The summed E-state index contributed by atoms with van der Waals surface area (Å²) in [5, 5.41) is 6.29. The lowest BCUT2D eigenvalue weighted by atomic mass is 10.2. The molecule has 0 saturated heterocycles. The molecule has 24 heavy (non-hydrogen) atoms. The first kappa shape index (κ1) is 18.1. The zero-order valence-electron chi connectivity index (χ0n) is 11.8. The SMILES string of the molecule is O=C(Nc1ccc(C(F)(F)F)cc1)ON=Cc1c(Cl)cccc1Cl. The van der Waals surface area contributed by atoms with Gasteiger partial charge in [-0.1, -0.05) is 34.4 Å². The maximum absolute atomic E-state index is 12.4. The molecule has 2 rings (SSSR count). The summed E-state index contributed by atoms with van der Waals surface area (Å²) in [5.74, 6) is 0. The number of oxime groups is 1. The van der Waals surface area contributed by atoms with Crippen LogP contribution in [0, 0.1) is 0 Å². The number of carbonyl (C=O) groups excluding carboxylic acids is 1. The van der Waals surface area contributed by atoms with Crippen molar-refractivity contribution in [1.29, 1.82) is 0 Å². The van der Waals surface area contributed by atoms with Crippen LogP contribution < -0.4 is 5.32 Å². The molecule has 0 aliphatic rings. The van der Waals surface area contributed by atoms with E-state index in [1.165, 1.54) is 0 Å². The molecule has 0 bridgehead atoms. The van der Waals surface area contributed by atoms with Gasteiger partial charge in [-0.25, -0.2) is 4.79 Å². The molecule has 0 radical (unpaired) electrons. The normalized spacial score (nSPS) is 11.5. The molecular formula is C15H9Cl2F3N2O2. The molecule has 0 atom stereocenters. The molecular weight excluding hydrogens is 368 g/mol. The van der Waals surface area contributed by atoms with E-state index in [0.29, 0.717) is 15.6 Å². The van der Waals surface area contributed by atoms with Crippen LogP contribution in [0.1, 0.15) is 11.1 Å². The minimum atomic E-state index is -4.45. The van der Waals surface area contributed by atoms with Crippen LogP contribution in [0.2, 0.25) is 10.0 Å². The van der Waals surface area contributed by atoms with Gasteiger partial charge in [-0.15, -0.1) is 0 Å².